The number of ether oxygens (including phenoxy) is 2. The summed E-state index contributed by atoms with van der Waals surface area (Å²) in [7, 11) is -2.30. The number of benzene rings is 2. The van der Waals surface area contributed by atoms with Crippen molar-refractivity contribution in [3.63, 3.8) is 0 Å². The molecule has 0 saturated heterocycles. The van der Waals surface area contributed by atoms with Crippen LogP contribution in [0.1, 0.15) is 17.3 Å². The third-order valence-corrected chi connectivity index (χ3v) is 5.32. The van der Waals surface area contributed by atoms with E-state index in [-0.39, 0.29) is 30.2 Å². The Balaban J connectivity index is 1.92. The van der Waals surface area contributed by atoms with Crippen molar-refractivity contribution in [3.8, 4) is 5.75 Å². The Morgan fingerprint density at radius 1 is 1.07 bits per heavy atom. The van der Waals surface area contributed by atoms with Gasteiger partial charge in [-0.1, -0.05) is 6.07 Å². The number of anilines is 1. The van der Waals surface area contributed by atoms with Crippen molar-refractivity contribution < 1.29 is 27.5 Å². The molecule has 0 radical (unpaired) electrons. The van der Waals surface area contributed by atoms with E-state index in [1.165, 1.54) is 31.4 Å². The van der Waals surface area contributed by atoms with Crippen LogP contribution in [0.5, 0.6) is 5.75 Å². The molecule has 0 fully saturated rings. The van der Waals surface area contributed by atoms with Gasteiger partial charge in [-0.05, 0) is 49.4 Å². The average molecular weight is 436 g/mol. The lowest BCUT2D eigenvalue weighted by Crippen LogP contribution is -2.33. The lowest BCUT2D eigenvalue weighted by atomic mass is 10.2. The smallest absolute Gasteiger partial charge is 0.251 e. The van der Waals surface area contributed by atoms with E-state index in [1.807, 2.05) is 6.92 Å². The van der Waals surface area contributed by atoms with Gasteiger partial charge in [-0.2, -0.15) is 0 Å². The fourth-order valence-electron chi connectivity index (χ4n) is 2.43. The Morgan fingerprint density at radius 2 is 1.80 bits per heavy atom. The Bertz CT molecular complexity index is 961. The first kappa shape index (κ1) is 23.3. The molecule has 9 nitrogen and oxygen atoms in total. The van der Waals surface area contributed by atoms with Gasteiger partial charge < -0.3 is 20.1 Å². The molecule has 0 aliphatic carbocycles. The van der Waals surface area contributed by atoms with Gasteiger partial charge in [-0.25, -0.2) is 13.1 Å². The number of carbonyl (C=O) groups excluding carboxylic acids is 2. The zero-order valence-electron chi connectivity index (χ0n) is 16.8. The number of nitrogens with one attached hydrogen (secondary N) is 3. The fourth-order valence-corrected chi connectivity index (χ4v) is 3.49. The number of hydrogen-bond acceptors (Lipinski definition) is 6. The predicted octanol–water partition coefficient (Wildman–Crippen LogP) is 1.38. The minimum absolute atomic E-state index is 0.0508. The zero-order chi connectivity index (χ0) is 22.0. The topological polar surface area (TPSA) is 123 Å². The highest BCUT2D eigenvalue weighted by Crippen LogP contribution is 2.15. The van der Waals surface area contributed by atoms with E-state index in [4.69, 9.17) is 9.47 Å². The Kier molecular flexibility index (Phi) is 8.78. The van der Waals surface area contributed by atoms with E-state index in [0.29, 0.717) is 18.0 Å². The van der Waals surface area contributed by atoms with Crippen molar-refractivity contribution in [1.29, 1.82) is 0 Å². The second-order valence-electron chi connectivity index (χ2n) is 6.11. The van der Waals surface area contributed by atoms with E-state index in [0.717, 1.165) is 0 Å². The van der Waals surface area contributed by atoms with Gasteiger partial charge in [-0.3, -0.25) is 9.59 Å². The molecule has 0 aliphatic rings. The summed E-state index contributed by atoms with van der Waals surface area (Å²) < 4.78 is 37.0. The molecular formula is C20H25N3O6S. The van der Waals surface area contributed by atoms with Crippen LogP contribution >= 0.6 is 0 Å². The highest BCUT2D eigenvalue weighted by Gasteiger charge is 2.16. The van der Waals surface area contributed by atoms with Crippen LogP contribution in [0.4, 0.5) is 5.69 Å². The fraction of sp³-hybridized carbons (Fsp3) is 0.300. The van der Waals surface area contributed by atoms with Gasteiger partial charge in [0.05, 0.1) is 24.7 Å². The van der Waals surface area contributed by atoms with Crippen LogP contribution in [0.2, 0.25) is 0 Å². The molecule has 0 bridgehead atoms. The van der Waals surface area contributed by atoms with Crippen molar-refractivity contribution in [3.05, 3.63) is 54.1 Å². The van der Waals surface area contributed by atoms with Crippen molar-refractivity contribution in [2.75, 3.05) is 38.7 Å². The minimum atomic E-state index is -3.77. The molecule has 3 N–H and O–H groups in total. The van der Waals surface area contributed by atoms with Crippen molar-refractivity contribution in [2.45, 2.75) is 11.8 Å². The van der Waals surface area contributed by atoms with E-state index in [2.05, 4.69) is 15.4 Å². The molecule has 0 unspecified atom stereocenters. The number of methoxy groups -OCH3 is 1. The summed E-state index contributed by atoms with van der Waals surface area (Å²) in [4.78, 5) is 24.3. The van der Waals surface area contributed by atoms with Gasteiger partial charge in [0.15, 0.2) is 0 Å². The Morgan fingerprint density at radius 3 is 2.47 bits per heavy atom. The van der Waals surface area contributed by atoms with Gasteiger partial charge in [0.2, 0.25) is 15.9 Å². The zero-order valence-corrected chi connectivity index (χ0v) is 17.6. The number of hydrogen-bond donors (Lipinski definition) is 3. The molecule has 0 aromatic heterocycles. The van der Waals surface area contributed by atoms with Crippen molar-refractivity contribution >= 4 is 27.5 Å². The van der Waals surface area contributed by atoms with Gasteiger partial charge in [-0.15, -0.1) is 0 Å². The first-order chi connectivity index (χ1) is 14.4. The van der Waals surface area contributed by atoms with E-state index >= 15 is 0 Å². The quantitative estimate of drug-likeness (QED) is 0.458. The second kappa shape index (κ2) is 11.3. The van der Waals surface area contributed by atoms with E-state index in [9.17, 15) is 18.0 Å². The van der Waals surface area contributed by atoms with Gasteiger partial charge in [0.25, 0.3) is 5.91 Å². The maximum atomic E-state index is 12.3. The van der Waals surface area contributed by atoms with Crippen LogP contribution in [0.15, 0.2) is 53.4 Å². The molecule has 0 atom stereocenters. The van der Waals surface area contributed by atoms with Crippen LogP contribution in [0.25, 0.3) is 0 Å². The standard InChI is InChI=1S/C20H25N3O6S/c1-3-29-17-9-7-16(8-10-17)23-19(24)14-21-20(25)15-5-4-6-18(13-15)30(26,27)22-11-12-28-2/h4-10,13,22H,3,11-12,14H2,1-2H3,(H,21,25)(H,23,24). The summed E-state index contributed by atoms with van der Waals surface area (Å²) in [6, 6.07) is 12.4. The summed E-state index contributed by atoms with van der Waals surface area (Å²) in [6.45, 7) is 2.49. The third kappa shape index (κ3) is 7.14. The molecule has 30 heavy (non-hydrogen) atoms. The van der Waals surface area contributed by atoms with Crippen LogP contribution < -0.4 is 20.1 Å². The first-order valence-corrected chi connectivity index (χ1v) is 10.7. The monoisotopic (exact) mass is 435 g/mol. The number of amides is 2. The van der Waals surface area contributed by atoms with E-state index in [1.54, 1.807) is 24.3 Å². The summed E-state index contributed by atoms with van der Waals surface area (Å²) in [5.41, 5.74) is 0.686. The molecule has 2 aromatic rings. The Hall–Kier alpha value is -2.95. The van der Waals surface area contributed by atoms with Crippen LogP contribution in [0.3, 0.4) is 0 Å². The maximum Gasteiger partial charge on any atom is 0.251 e. The molecule has 0 spiro atoms. The SMILES string of the molecule is CCOc1ccc(NC(=O)CNC(=O)c2cccc(S(=O)(=O)NCCOC)c2)cc1. The van der Waals surface area contributed by atoms with Crippen LogP contribution in [-0.4, -0.2) is 53.6 Å². The highest BCUT2D eigenvalue weighted by atomic mass is 32.2. The molecule has 2 amide bonds. The molecule has 0 aliphatic heterocycles. The van der Waals surface area contributed by atoms with Crippen molar-refractivity contribution in [2.24, 2.45) is 0 Å². The van der Waals surface area contributed by atoms with E-state index < -0.39 is 21.8 Å². The summed E-state index contributed by atoms with van der Waals surface area (Å²) in [6.07, 6.45) is 0. The summed E-state index contributed by atoms with van der Waals surface area (Å²) in [5, 5.41) is 5.13. The first-order valence-electron chi connectivity index (χ1n) is 9.25. The van der Waals surface area contributed by atoms with Gasteiger partial charge in [0.1, 0.15) is 5.75 Å². The van der Waals surface area contributed by atoms with Gasteiger partial charge in [0, 0.05) is 24.9 Å². The predicted molar refractivity (Wildman–Crippen MR) is 112 cm³/mol. The molecule has 0 heterocycles. The lowest BCUT2D eigenvalue weighted by molar-refractivity contribution is -0.115. The number of carbonyl (C=O) groups is 2. The number of rotatable bonds is 11. The maximum absolute atomic E-state index is 12.3. The molecular weight excluding hydrogens is 410 g/mol. The van der Waals surface area contributed by atoms with Crippen LogP contribution in [0, 0.1) is 0 Å². The Labute approximate surface area is 175 Å². The summed E-state index contributed by atoms with van der Waals surface area (Å²) in [5.74, 6) is -0.293. The molecule has 2 rings (SSSR count). The molecule has 10 heteroatoms. The van der Waals surface area contributed by atoms with Gasteiger partial charge >= 0.3 is 0 Å². The highest BCUT2D eigenvalue weighted by molar-refractivity contribution is 7.89. The molecule has 2 aromatic carbocycles. The number of sulfonamides is 1. The second-order valence-corrected chi connectivity index (χ2v) is 7.87. The minimum Gasteiger partial charge on any atom is -0.494 e. The van der Waals surface area contributed by atoms with Crippen molar-refractivity contribution in [1.82, 2.24) is 10.0 Å². The lowest BCUT2D eigenvalue weighted by Gasteiger charge is -2.10. The largest absolute Gasteiger partial charge is 0.494 e. The summed E-state index contributed by atoms with van der Waals surface area (Å²) >= 11 is 0. The molecule has 162 valence electrons. The normalized spacial score (nSPS) is 11.0. The van der Waals surface area contributed by atoms with Crippen LogP contribution in [-0.2, 0) is 19.6 Å². The third-order valence-electron chi connectivity index (χ3n) is 3.86. The average Bonchev–Trinajstić information content (AvgIpc) is 2.74. The molecule has 0 saturated carbocycles.